The van der Waals surface area contributed by atoms with Crippen molar-refractivity contribution in [3.8, 4) is 12.3 Å². The number of cyclic esters (lactones) is 1. The highest BCUT2D eigenvalue weighted by Gasteiger charge is 2.59. The van der Waals surface area contributed by atoms with Crippen LogP contribution in [-0.4, -0.2) is 23.3 Å². The number of aliphatic hydroxyl groups is 1. The summed E-state index contributed by atoms with van der Waals surface area (Å²) in [5.74, 6) is 2.14. The molecular formula is C12H14O3. The van der Waals surface area contributed by atoms with E-state index in [0.29, 0.717) is 0 Å². The molecule has 0 bridgehead atoms. The highest BCUT2D eigenvalue weighted by Crippen LogP contribution is 2.49. The lowest BCUT2D eigenvalue weighted by Gasteiger charge is -2.35. The second-order valence-electron chi connectivity index (χ2n) is 4.25. The fourth-order valence-corrected chi connectivity index (χ4v) is 2.68. The average molecular weight is 206 g/mol. The van der Waals surface area contributed by atoms with Gasteiger partial charge in [0.05, 0.1) is 6.10 Å². The summed E-state index contributed by atoms with van der Waals surface area (Å²) >= 11 is 0. The van der Waals surface area contributed by atoms with Gasteiger partial charge in [0.25, 0.3) is 0 Å². The summed E-state index contributed by atoms with van der Waals surface area (Å²) in [6.07, 6.45) is 8.83. The van der Waals surface area contributed by atoms with Crippen molar-refractivity contribution in [1.82, 2.24) is 0 Å². The molecule has 1 fully saturated rings. The molecule has 0 radical (unpaired) electrons. The number of hydrogen-bond donors (Lipinski definition) is 1. The number of terminal acetylenes is 1. The SMILES string of the molecule is C#CC[C@@]12C(=O)O[C@H](C)[C@@H]1CC=C[C@H]2O. The number of fused-ring (bicyclic) bond motifs is 1. The van der Waals surface area contributed by atoms with Gasteiger partial charge in [0.2, 0.25) is 0 Å². The number of esters is 1. The summed E-state index contributed by atoms with van der Waals surface area (Å²) in [6, 6.07) is 0. The third-order valence-corrected chi connectivity index (χ3v) is 3.53. The Balaban J connectivity index is 2.45. The Labute approximate surface area is 89.1 Å². The van der Waals surface area contributed by atoms with Gasteiger partial charge in [-0.3, -0.25) is 4.79 Å². The van der Waals surface area contributed by atoms with Crippen LogP contribution < -0.4 is 0 Å². The molecule has 0 spiro atoms. The molecule has 15 heavy (non-hydrogen) atoms. The van der Waals surface area contributed by atoms with Gasteiger partial charge >= 0.3 is 5.97 Å². The van der Waals surface area contributed by atoms with Gasteiger partial charge < -0.3 is 9.84 Å². The third kappa shape index (κ3) is 1.22. The molecule has 2 rings (SSSR count). The molecule has 0 aromatic heterocycles. The molecule has 2 aliphatic rings. The van der Waals surface area contributed by atoms with Crippen molar-refractivity contribution in [2.75, 3.05) is 0 Å². The molecule has 80 valence electrons. The second kappa shape index (κ2) is 3.39. The Bertz CT molecular complexity index is 352. The van der Waals surface area contributed by atoms with Crippen molar-refractivity contribution in [1.29, 1.82) is 0 Å². The number of allylic oxidation sites excluding steroid dienone is 1. The second-order valence-corrected chi connectivity index (χ2v) is 4.25. The van der Waals surface area contributed by atoms with E-state index in [4.69, 9.17) is 11.2 Å². The lowest BCUT2D eigenvalue weighted by atomic mass is 9.65. The van der Waals surface area contributed by atoms with Crippen molar-refractivity contribution >= 4 is 5.97 Å². The summed E-state index contributed by atoms with van der Waals surface area (Å²) in [6.45, 7) is 1.85. The van der Waals surface area contributed by atoms with Crippen LogP contribution in [0.4, 0.5) is 0 Å². The molecule has 1 heterocycles. The molecule has 1 aliphatic carbocycles. The third-order valence-electron chi connectivity index (χ3n) is 3.53. The molecule has 1 aliphatic heterocycles. The predicted octanol–water partition coefficient (Wildman–Crippen LogP) is 0.878. The van der Waals surface area contributed by atoms with Gasteiger partial charge in [-0.2, -0.15) is 0 Å². The van der Waals surface area contributed by atoms with Crippen LogP contribution >= 0.6 is 0 Å². The first-order valence-corrected chi connectivity index (χ1v) is 5.12. The molecule has 0 aromatic carbocycles. The van der Waals surface area contributed by atoms with Crippen LogP contribution in [0.5, 0.6) is 0 Å². The van der Waals surface area contributed by atoms with Gasteiger partial charge in [0.1, 0.15) is 11.5 Å². The largest absolute Gasteiger partial charge is 0.462 e. The summed E-state index contributed by atoms with van der Waals surface area (Å²) in [7, 11) is 0. The minimum absolute atomic E-state index is 0.000972. The highest BCUT2D eigenvalue weighted by molar-refractivity contribution is 5.81. The maximum Gasteiger partial charge on any atom is 0.316 e. The van der Waals surface area contributed by atoms with Gasteiger partial charge in [-0.25, -0.2) is 0 Å². The van der Waals surface area contributed by atoms with Crippen molar-refractivity contribution < 1.29 is 14.6 Å². The zero-order chi connectivity index (χ0) is 11.1. The normalized spacial score (nSPS) is 43.3. The Hall–Kier alpha value is -1.27. The zero-order valence-electron chi connectivity index (χ0n) is 8.64. The Kier molecular flexibility index (Phi) is 2.32. The first-order chi connectivity index (χ1) is 7.13. The van der Waals surface area contributed by atoms with Crippen LogP contribution in [0.1, 0.15) is 19.8 Å². The van der Waals surface area contributed by atoms with Crippen LogP contribution in [0.2, 0.25) is 0 Å². The molecule has 3 heteroatoms. The van der Waals surface area contributed by atoms with E-state index in [1.165, 1.54) is 0 Å². The maximum absolute atomic E-state index is 11.8. The van der Waals surface area contributed by atoms with E-state index in [1.54, 1.807) is 6.08 Å². The first kappa shape index (κ1) is 10.3. The van der Waals surface area contributed by atoms with Crippen molar-refractivity contribution in [2.45, 2.75) is 32.0 Å². The van der Waals surface area contributed by atoms with E-state index in [0.717, 1.165) is 6.42 Å². The van der Waals surface area contributed by atoms with E-state index < -0.39 is 11.5 Å². The zero-order valence-corrected chi connectivity index (χ0v) is 8.64. The molecule has 0 saturated carbocycles. The first-order valence-electron chi connectivity index (χ1n) is 5.12. The number of hydrogen-bond acceptors (Lipinski definition) is 3. The molecular weight excluding hydrogens is 192 g/mol. The molecule has 3 nitrogen and oxygen atoms in total. The quantitative estimate of drug-likeness (QED) is 0.393. The topological polar surface area (TPSA) is 46.5 Å². The Morgan fingerprint density at radius 1 is 1.80 bits per heavy atom. The molecule has 1 N–H and O–H groups in total. The molecule has 0 aromatic rings. The molecule has 0 amide bonds. The number of ether oxygens (including phenoxy) is 1. The number of carbonyl (C=O) groups excluding carboxylic acids is 1. The van der Waals surface area contributed by atoms with Crippen LogP contribution in [0.15, 0.2) is 12.2 Å². The number of carbonyl (C=O) groups is 1. The van der Waals surface area contributed by atoms with Crippen molar-refractivity contribution in [3.05, 3.63) is 12.2 Å². The van der Waals surface area contributed by atoms with Crippen molar-refractivity contribution in [2.24, 2.45) is 11.3 Å². The Morgan fingerprint density at radius 2 is 2.53 bits per heavy atom. The molecule has 1 saturated heterocycles. The summed E-state index contributed by atoms with van der Waals surface area (Å²) in [5.41, 5.74) is -0.900. The molecule has 0 unspecified atom stereocenters. The smallest absolute Gasteiger partial charge is 0.316 e. The lowest BCUT2D eigenvalue weighted by Crippen LogP contribution is -2.45. The van der Waals surface area contributed by atoms with Crippen LogP contribution in [-0.2, 0) is 9.53 Å². The van der Waals surface area contributed by atoms with E-state index in [9.17, 15) is 9.90 Å². The minimum Gasteiger partial charge on any atom is -0.462 e. The fraction of sp³-hybridized carbons (Fsp3) is 0.583. The van der Waals surface area contributed by atoms with Crippen LogP contribution in [0.25, 0.3) is 0 Å². The monoisotopic (exact) mass is 206 g/mol. The van der Waals surface area contributed by atoms with E-state index in [1.807, 2.05) is 13.0 Å². The Morgan fingerprint density at radius 3 is 3.20 bits per heavy atom. The van der Waals surface area contributed by atoms with Crippen LogP contribution in [0, 0.1) is 23.7 Å². The van der Waals surface area contributed by atoms with E-state index in [2.05, 4.69) is 5.92 Å². The van der Waals surface area contributed by atoms with Gasteiger partial charge in [-0.1, -0.05) is 12.2 Å². The maximum atomic E-state index is 11.8. The standard InChI is InChI=1S/C12H14O3/c1-3-7-12-9(5-4-6-10(12)13)8(2)15-11(12)14/h1,4,6,8-10,13H,5,7H2,2H3/t8-,9+,10-,12-/m1/s1. The van der Waals surface area contributed by atoms with Crippen LogP contribution in [0.3, 0.4) is 0 Å². The predicted molar refractivity (Wildman–Crippen MR) is 54.7 cm³/mol. The number of aliphatic hydroxyl groups excluding tert-OH is 1. The lowest BCUT2D eigenvalue weighted by molar-refractivity contribution is -0.152. The van der Waals surface area contributed by atoms with Crippen molar-refractivity contribution in [3.63, 3.8) is 0 Å². The summed E-state index contributed by atoms with van der Waals surface area (Å²) in [5, 5.41) is 9.97. The minimum atomic E-state index is -0.900. The average Bonchev–Trinajstić information content (AvgIpc) is 2.43. The van der Waals surface area contributed by atoms with Gasteiger partial charge in [0.15, 0.2) is 0 Å². The van der Waals surface area contributed by atoms with Gasteiger partial charge in [-0.05, 0) is 13.3 Å². The summed E-state index contributed by atoms with van der Waals surface area (Å²) < 4.78 is 5.20. The summed E-state index contributed by atoms with van der Waals surface area (Å²) in [4.78, 5) is 11.8. The number of rotatable bonds is 1. The molecule has 4 atom stereocenters. The van der Waals surface area contributed by atoms with E-state index in [-0.39, 0.29) is 24.4 Å². The highest BCUT2D eigenvalue weighted by atomic mass is 16.6. The van der Waals surface area contributed by atoms with E-state index >= 15 is 0 Å². The van der Waals surface area contributed by atoms with Gasteiger partial charge in [0, 0.05) is 12.3 Å². The van der Waals surface area contributed by atoms with Gasteiger partial charge in [-0.15, -0.1) is 12.3 Å². The fourth-order valence-electron chi connectivity index (χ4n) is 2.68.